The van der Waals surface area contributed by atoms with Crippen molar-refractivity contribution in [3.8, 4) is 5.75 Å². The van der Waals surface area contributed by atoms with E-state index < -0.39 is 0 Å². The third-order valence-corrected chi connectivity index (χ3v) is 4.63. The van der Waals surface area contributed by atoms with Crippen molar-refractivity contribution in [3.63, 3.8) is 0 Å². The fourth-order valence-electron chi connectivity index (χ4n) is 1.79. The van der Waals surface area contributed by atoms with E-state index >= 15 is 0 Å². The summed E-state index contributed by atoms with van der Waals surface area (Å²) < 4.78 is 6.83. The van der Waals surface area contributed by atoms with Crippen LogP contribution in [0.3, 0.4) is 0 Å². The molecule has 0 aliphatic heterocycles. The molecule has 1 N–H and O–H groups in total. The van der Waals surface area contributed by atoms with Gasteiger partial charge in [0.25, 0.3) is 0 Å². The maximum Gasteiger partial charge on any atom is 0.133 e. The van der Waals surface area contributed by atoms with Crippen molar-refractivity contribution < 1.29 is 4.74 Å². The molecular weight excluding hydrogens is 322 g/mol. The molecule has 0 aliphatic rings. The average molecular weight is 340 g/mol. The molecule has 1 aromatic carbocycles. The van der Waals surface area contributed by atoms with E-state index in [2.05, 4.69) is 57.8 Å². The summed E-state index contributed by atoms with van der Waals surface area (Å²) in [5, 5.41) is 5.33. The number of benzene rings is 1. The van der Waals surface area contributed by atoms with Gasteiger partial charge in [0, 0.05) is 17.3 Å². The van der Waals surface area contributed by atoms with Crippen LogP contribution in [0.1, 0.15) is 23.4 Å². The first kappa shape index (κ1) is 14.6. The zero-order valence-electron chi connectivity index (χ0n) is 11.2. The van der Waals surface area contributed by atoms with Crippen LogP contribution in [0.2, 0.25) is 0 Å². The van der Waals surface area contributed by atoms with E-state index in [9.17, 15) is 0 Å². The van der Waals surface area contributed by atoms with Crippen LogP contribution in [0.25, 0.3) is 0 Å². The molecule has 1 atom stereocenters. The number of hydrogen-bond acceptors (Lipinski definition) is 3. The van der Waals surface area contributed by atoms with Crippen molar-refractivity contribution in [3.05, 3.63) is 50.6 Å². The van der Waals surface area contributed by atoms with Gasteiger partial charge in [0.05, 0.1) is 11.1 Å². The molecule has 1 unspecified atom stereocenters. The molecule has 0 amide bonds. The Balaban J connectivity index is 1.93. The van der Waals surface area contributed by atoms with Gasteiger partial charge in [-0.1, -0.05) is 12.1 Å². The van der Waals surface area contributed by atoms with Crippen LogP contribution in [0.5, 0.6) is 5.75 Å². The second-order valence-corrected chi connectivity index (χ2v) is 6.26. The maximum absolute atomic E-state index is 5.82. The van der Waals surface area contributed by atoms with Crippen LogP contribution < -0.4 is 10.1 Å². The molecule has 2 aromatic rings. The van der Waals surface area contributed by atoms with E-state index in [-0.39, 0.29) is 0 Å². The summed E-state index contributed by atoms with van der Waals surface area (Å²) in [6.07, 6.45) is 0.957. The van der Waals surface area contributed by atoms with Crippen molar-refractivity contribution in [1.29, 1.82) is 0 Å². The lowest BCUT2D eigenvalue weighted by Gasteiger charge is -2.13. The van der Waals surface area contributed by atoms with Crippen molar-refractivity contribution in [2.24, 2.45) is 0 Å². The zero-order chi connectivity index (χ0) is 13.7. The lowest BCUT2D eigenvalue weighted by Crippen LogP contribution is -2.12. The summed E-state index contributed by atoms with van der Waals surface area (Å²) in [7, 11) is 1.96. The SMILES string of the molecule is CNC(C)c1ccc(OCCc2cccs2)c(Br)c1. The summed E-state index contributed by atoms with van der Waals surface area (Å²) in [5.41, 5.74) is 1.25. The number of hydrogen-bond donors (Lipinski definition) is 1. The highest BCUT2D eigenvalue weighted by atomic mass is 79.9. The molecule has 4 heteroatoms. The first-order valence-electron chi connectivity index (χ1n) is 6.32. The molecule has 1 aromatic heterocycles. The molecule has 0 saturated carbocycles. The number of ether oxygens (including phenoxy) is 1. The Labute approximate surface area is 126 Å². The van der Waals surface area contributed by atoms with E-state index in [1.165, 1.54) is 10.4 Å². The lowest BCUT2D eigenvalue weighted by atomic mass is 10.1. The van der Waals surface area contributed by atoms with Gasteiger partial charge in [-0.15, -0.1) is 11.3 Å². The van der Waals surface area contributed by atoms with Gasteiger partial charge in [-0.05, 0) is 59.0 Å². The average Bonchev–Trinajstić information content (AvgIpc) is 2.93. The minimum absolute atomic E-state index is 0.344. The molecular formula is C15H18BrNOS. The fourth-order valence-corrected chi connectivity index (χ4v) is 2.99. The van der Waals surface area contributed by atoms with Crippen LogP contribution in [0.15, 0.2) is 40.2 Å². The van der Waals surface area contributed by atoms with Crippen LogP contribution in [0, 0.1) is 0 Å². The second-order valence-electron chi connectivity index (χ2n) is 4.38. The van der Waals surface area contributed by atoms with Crippen molar-refractivity contribution in [2.45, 2.75) is 19.4 Å². The van der Waals surface area contributed by atoms with Crippen LogP contribution in [-0.4, -0.2) is 13.7 Å². The molecule has 0 aliphatic carbocycles. The van der Waals surface area contributed by atoms with Crippen molar-refractivity contribution in [2.75, 3.05) is 13.7 Å². The topological polar surface area (TPSA) is 21.3 Å². The van der Waals surface area contributed by atoms with Crippen molar-refractivity contribution in [1.82, 2.24) is 5.32 Å². The Bertz CT molecular complexity index is 513. The maximum atomic E-state index is 5.82. The lowest BCUT2D eigenvalue weighted by molar-refractivity contribution is 0.321. The zero-order valence-corrected chi connectivity index (χ0v) is 13.6. The van der Waals surface area contributed by atoms with E-state index in [1.54, 1.807) is 11.3 Å². The van der Waals surface area contributed by atoms with Gasteiger partial charge >= 0.3 is 0 Å². The smallest absolute Gasteiger partial charge is 0.133 e. The van der Waals surface area contributed by atoms with Gasteiger partial charge in [-0.25, -0.2) is 0 Å². The van der Waals surface area contributed by atoms with Gasteiger partial charge in [0.15, 0.2) is 0 Å². The Morgan fingerprint density at radius 2 is 2.21 bits per heavy atom. The molecule has 2 nitrogen and oxygen atoms in total. The molecule has 0 saturated heterocycles. The Hall–Kier alpha value is -0.840. The predicted molar refractivity (Wildman–Crippen MR) is 85.1 cm³/mol. The summed E-state index contributed by atoms with van der Waals surface area (Å²) in [6, 6.07) is 10.8. The summed E-state index contributed by atoms with van der Waals surface area (Å²) in [6.45, 7) is 2.85. The highest BCUT2D eigenvalue weighted by Gasteiger charge is 2.07. The molecule has 0 spiro atoms. The summed E-state index contributed by atoms with van der Waals surface area (Å²) in [5.74, 6) is 0.906. The fraction of sp³-hybridized carbons (Fsp3) is 0.333. The van der Waals surface area contributed by atoms with Crippen LogP contribution >= 0.6 is 27.3 Å². The number of nitrogens with one attached hydrogen (secondary N) is 1. The molecule has 0 bridgehead atoms. The van der Waals surface area contributed by atoms with E-state index in [4.69, 9.17) is 4.74 Å². The largest absolute Gasteiger partial charge is 0.492 e. The second kappa shape index (κ2) is 7.08. The highest BCUT2D eigenvalue weighted by Crippen LogP contribution is 2.28. The van der Waals surface area contributed by atoms with Crippen LogP contribution in [-0.2, 0) is 6.42 Å². The minimum Gasteiger partial charge on any atom is -0.492 e. The Kier molecular flexibility index (Phi) is 5.43. The van der Waals surface area contributed by atoms with E-state index in [0.717, 1.165) is 16.6 Å². The van der Waals surface area contributed by atoms with Gasteiger partial charge < -0.3 is 10.1 Å². The van der Waals surface area contributed by atoms with Gasteiger partial charge in [-0.3, -0.25) is 0 Å². The number of halogens is 1. The highest BCUT2D eigenvalue weighted by molar-refractivity contribution is 9.10. The monoisotopic (exact) mass is 339 g/mol. The molecule has 0 radical (unpaired) electrons. The number of rotatable bonds is 6. The molecule has 19 heavy (non-hydrogen) atoms. The van der Waals surface area contributed by atoms with E-state index in [0.29, 0.717) is 12.6 Å². The van der Waals surface area contributed by atoms with Gasteiger partial charge in [0.1, 0.15) is 5.75 Å². The standard InChI is InChI=1S/C15H18BrNOS/c1-11(17-2)12-5-6-15(14(16)10-12)18-8-7-13-4-3-9-19-13/h3-6,9-11,17H,7-8H2,1-2H3. The number of thiophene rings is 1. The van der Waals surface area contributed by atoms with E-state index in [1.807, 2.05) is 13.1 Å². The first-order valence-corrected chi connectivity index (χ1v) is 8.00. The van der Waals surface area contributed by atoms with Crippen molar-refractivity contribution >= 4 is 27.3 Å². The third-order valence-electron chi connectivity index (χ3n) is 3.08. The quantitative estimate of drug-likeness (QED) is 0.841. The third kappa shape index (κ3) is 4.06. The summed E-state index contributed by atoms with van der Waals surface area (Å²) in [4.78, 5) is 1.36. The molecule has 0 fully saturated rings. The molecule has 1 heterocycles. The summed E-state index contributed by atoms with van der Waals surface area (Å²) >= 11 is 5.34. The first-order chi connectivity index (χ1) is 9.20. The Morgan fingerprint density at radius 3 is 2.84 bits per heavy atom. The predicted octanol–water partition coefficient (Wildman–Crippen LogP) is 4.41. The van der Waals surface area contributed by atoms with Gasteiger partial charge in [0.2, 0.25) is 0 Å². The molecule has 2 rings (SSSR count). The minimum atomic E-state index is 0.344. The Morgan fingerprint density at radius 1 is 1.37 bits per heavy atom. The van der Waals surface area contributed by atoms with Crippen LogP contribution in [0.4, 0.5) is 0 Å². The normalized spacial score (nSPS) is 12.4. The van der Waals surface area contributed by atoms with Gasteiger partial charge in [-0.2, -0.15) is 0 Å². The molecule has 102 valence electrons.